The molecule has 1 unspecified atom stereocenters. The molecule has 4 nitrogen and oxygen atoms in total. The Morgan fingerprint density at radius 1 is 1.26 bits per heavy atom. The number of aliphatic imine (C=N–C) groups is 1. The van der Waals surface area contributed by atoms with Crippen LogP contribution in [0.15, 0.2) is 4.99 Å². The van der Waals surface area contributed by atoms with E-state index in [9.17, 15) is 0 Å². The van der Waals surface area contributed by atoms with E-state index in [1.165, 1.54) is 44.9 Å². The van der Waals surface area contributed by atoms with Crippen molar-refractivity contribution in [1.29, 1.82) is 0 Å². The summed E-state index contributed by atoms with van der Waals surface area (Å²) in [5.41, 5.74) is 6.28. The van der Waals surface area contributed by atoms with Gasteiger partial charge in [0.25, 0.3) is 0 Å². The van der Waals surface area contributed by atoms with Crippen molar-refractivity contribution in [3.63, 3.8) is 0 Å². The molecule has 0 spiro atoms. The molecule has 2 fully saturated rings. The van der Waals surface area contributed by atoms with Gasteiger partial charge in [0.1, 0.15) is 0 Å². The summed E-state index contributed by atoms with van der Waals surface area (Å²) in [4.78, 5) is 7.04. The van der Waals surface area contributed by atoms with Crippen LogP contribution in [0.25, 0.3) is 0 Å². The van der Waals surface area contributed by atoms with Crippen LogP contribution in [0.5, 0.6) is 0 Å². The predicted molar refractivity (Wildman–Crippen MR) is 79.3 cm³/mol. The summed E-state index contributed by atoms with van der Waals surface area (Å²) in [6.45, 7) is 3.85. The lowest BCUT2D eigenvalue weighted by molar-refractivity contribution is 0.158. The number of nitrogens with two attached hydrogens (primary N) is 1. The standard InChI is InChI=1S/C15H29N3O/c1-12(13-8-9-13)18(10-11-19-2)15(16)17-14-6-4-3-5-7-14/h12-14H,3-11H2,1-2H3,(H2,16,17). The molecule has 19 heavy (non-hydrogen) atoms. The molecule has 2 saturated carbocycles. The Labute approximate surface area is 117 Å². The van der Waals surface area contributed by atoms with Gasteiger partial charge in [0.2, 0.25) is 0 Å². The normalized spacial score (nSPS) is 23.4. The van der Waals surface area contributed by atoms with Crippen molar-refractivity contribution < 1.29 is 4.74 Å². The first kappa shape index (κ1) is 14.6. The molecule has 4 heteroatoms. The third-order valence-corrected chi connectivity index (χ3v) is 4.52. The predicted octanol–water partition coefficient (Wildman–Crippen LogP) is 2.38. The van der Waals surface area contributed by atoms with Crippen LogP contribution >= 0.6 is 0 Å². The highest BCUT2D eigenvalue weighted by Gasteiger charge is 2.33. The highest BCUT2D eigenvalue weighted by atomic mass is 16.5. The van der Waals surface area contributed by atoms with Gasteiger partial charge in [-0.2, -0.15) is 0 Å². The van der Waals surface area contributed by atoms with E-state index in [-0.39, 0.29) is 0 Å². The average molecular weight is 267 g/mol. The molecule has 2 N–H and O–H groups in total. The minimum Gasteiger partial charge on any atom is -0.383 e. The summed E-state index contributed by atoms with van der Waals surface area (Å²) < 4.78 is 5.21. The van der Waals surface area contributed by atoms with Gasteiger partial charge < -0.3 is 15.4 Å². The quantitative estimate of drug-likeness (QED) is 0.594. The Morgan fingerprint density at radius 3 is 2.53 bits per heavy atom. The van der Waals surface area contributed by atoms with Gasteiger partial charge in [-0.05, 0) is 38.5 Å². The van der Waals surface area contributed by atoms with E-state index in [0.717, 1.165) is 25.0 Å². The van der Waals surface area contributed by atoms with Gasteiger partial charge in [0, 0.05) is 19.7 Å². The lowest BCUT2D eigenvalue weighted by Gasteiger charge is -2.31. The molecule has 2 aliphatic rings. The molecule has 0 bridgehead atoms. The summed E-state index contributed by atoms with van der Waals surface area (Å²) in [6.07, 6.45) is 9.04. The van der Waals surface area contributed by atoms with Crippen molar-refractivity contribution in [1.82, 2.24) is 4.90 Å². The molecule has 0 amide bonds. The van der Waals surface area contributed by atoms with Crippen molar-refractivity contribution >= 4 is 5.96 Å². The minimum atomic E-state index is 0.449. The van der Waals surface area contributed by atoms with Gasteiger partial charge >= 0.3 is 0 Å². The maximum atomic E-state index is 6.28. The zero-order valence-electron chi connectivity index (χ0n) is 12.5. The van der Waals surface area contributed by atoms with Crippen LogP contribution in [0.4, 0.5) is 0 Å². The van der Waals surface area contributed by atoms with E-state index >= 15 is 0 Å². The molecule has 0 aromatic carbocycles. The molecule has 0 aliphatic heterocycles. The van der Waals surface area contributed by atoms with E-state index in [0.29, 0.717) is 12.1 Å². The number of guanidine groups is 1. The van der Waals surface area contributed by atoms with E-state index in [1.54, 1.807) is 7.11 Å². The van der Waals surface area contributed by atoms with Gasteiger partial charge in [-0.1, -0.05) is 19.3 Å². The summed E-state index contributed by atoms with van der Waals surface area (Å²) in [6, 6.07) is 0.952. The monoisotopic (exact) mass is 267 g/mol. The molecule has 1 atom stereocenters. The highest BCUT2D eigenvalue weighted by Crippen LogP contribution is 2.35. The Hall–Kier alpha value is -0.770. The fraction of sp³-hybridized carbons (Fsp3) is 0.933. The smallest absolute Gasteiger partial charge is 0.191 e. The van der Waals surface area contributed by atoms with E-state index < -0.39 is 0 Å². The first-order valence-electron chi connectivity index (χ1n) is 7.81. The first-order valence-corrected chi connectivity index (χ1v) is 7.81. The van der Waals surface area contributed by atoms with Gasteiger partial charge in [0.15, 0.2) is 5.96 Å². The fourth-order valence-electron chi connectivity index (χ4n) is 3.02. The summed E-state index contributed by atoms with van der Waals surface area (Å²) >= 11 is 0. The second kappa shape index (κ2) is 7.13. The molecule has 110 valence electrons. The third-order valence-electron chi connectivity index (χ3n) is 4.52. The molecule has 0 radical (unpaired) electrons. The second-order valence-corrected chi connectivity index (χ2v) is 6.04. The van der Waals surface area contributed by atoms with Crippen LogP contribution in [0, 0.1) is 5.92 Å². The zero-order chi connectivity index (χ0) is 13.7. The Morgan fingerprint density at radius 2 is 1.95 bits per heavy atom. The molecule has 0 saturated heterocycles. The lowest BCUT2D eigenvalue weighted by Crippen LogP contribution is -2.46. The van der Waals surface area contributed by atoms with Crippen LogP contribution in [0.1, 0.15) is 51.9 Å². The van der Waals surface area contributed by atoms with Crippen molar-refractivity contribution in [3.05, 3.63) is 0 Å². The minimum absolute atomic E-state index is 0.449. The third kappa shape index (κ3) is 4.37. The molecular weight excluding hydrogens is 238 g/mol. The first-order chi connectivity index (χ1) is 9.22. The molecule has 0 aromatic rings. The number of rotatable bonds is 6. The Balaban J connectivity index is 1.95. The molecule has 2 aliphatic carbocycles. The summed E-state index contributed by atoms with van der Waals surface area (Å²) in [5.74, 6) is 1.54. The van der Waals surface area contributed by atoms with Gasteiger partial charge in [-0.3, -0.25) is 0 Å². The number of hydrogen-bond donors (Lipinski definition) is 1. The second-order valence-electron chi connectivity index (χ2n) is 6.04. The molecular formula is C15H29N3O. The van der Waals surface area contributed by atoms with Gasteiger partial charge in [-0.15, -0.1) is 0 Å². The largest absolute Gasteiger partial charge is 0.383 e. The number of methoxy groups -OCH3 is 1. The fourth-order valence-corrected chi connectivity index (χ4v) is 3.02. The van der Waals surface area contributed by atoms with Crippen LogP contribution < -0.4 is 5.73 Å². The van der Waals surface area contributed by atoms with E-state index in [1.807, 2.05) is 0 Å². The molecule has 0 aromatic heterocycles. The zero-order valence-corrected chi connectivity index (χ0v) is 12.5. The lowest BCUT2D eigenvalue weighted by atomic mass is 9.96. The summed E-state index contributed by atoms with van der Waals surface area (Å²) in [5, 5.41) is 0. The maximum absolute atomic E-state index is 6.28. The topological polar surface area (TPSA) is 50.9 Å². The van der Waals surface area contributed by atoms with Gasteiger partial charge in [-0.25, -0.2) is 4.99 Å². The van der Waals surface area contributed by atoms with Crippen molar-refractivity contribution in [3.8, 4) is 0 Å². The average Bonchev–Trinajstić information content (AvgIpc) is 3.24. The van der Waals surface area contributed by atoms with E-state index in [2.05, 4.69) is 11.8 Å². The Bertz CT molecular complexity index is 296. The number of nitrogens with zero attached hydrogens (tertiary/aromatic N) is 2. The van der Waals surface area contributed by atoms with Crippen molar-refractivity contribution in [2.45, 2.75) is 64.0 Å². The number of ether oxygens (including phenoxy) is 1. The van der Waals surface area contributed by atoms with Crippen molar-refractivity contribution in [2.24, 2.45) is 16.6 Å². The van der Waals surface area contributed by atoms with Crippen LogP contribution in [0.3, 0.4) is 0 Å². The summed E-state index contributed by atoms with van der Waals surface area (Å²) in [7, 11) is 1.74. The molecule has 0 heterocycles. The highest BCUT2D eigenvalue weighted by molar-refractivity contribution is 5.78. The van der Waals surface area contributed by atoms with Crippen LogP contribution in [-0.2, 0) is 4.74 Å². The van der Waals surface area contributed by atoms with Crippen molar-refractivity contribution in [2.75, 3.05) is 20.3 Å². The Kier molecular flexibility index (Phi) is 5.49. The van der Waals surface area contributed by atoms with E-state index in [4.69, 9.17) is 15.5 Å². The van der Waals surface area contributed by atoms with Crippen LogP contribution in [-0.4, -0.2) is 43.2 Å². The number of hydrogen-bond acceptors (Lipinski definition) is 2. The SMILES string of the molecule is COCCN(C(N)=NC1CCCCC1)C(C)C1CC1. The van der Waals surface area contributed by atoms with Gasteiger partial charge in [0.05, 0.1) is 12.6 Å². The van der Waals surface area contributed by atoms with Crippen LogP contribution in [0.2, 0.25) is 0 Å². The maximum Gasteiger partial charge on any atom is 0.191 e. The molecule has 2 rings (SSSR count).